The summed E-state index contributed by atoms with van der Waals surface area (Å²) in [4.78, 5) is 3.10. The third-order valence-corrected chi connectivity index (χ3v) is 3.87. The van der Waals surface area contributed by atoms with Crippen LogP contribution in [0.25, 0.3) is 21.8 Å². The van der Waals surface area contributed by atoms with E-state index >= 15 is 0 Å². The molecule has 0 radical (unpaired) electrons. The van der Waals surface area contributed by atoms with Gasteiger partial charge in [0.2, 0.25) is 0 Å². The maximum absolute atomic E-state index is 14.7. The fourth-order valence-corrected chi connectivity index (χ4v) is 2.71. The maximum atomic E-state index is 14.7. The zero-order valence-electron chi connectivity index (χ0n) is 13.1. The van der Waals surface area contributed by atoms with E-state index in [0.29, 0.717) is 27.8 Å². The summed E-state index contributed by atoms with van der Waals surface area (Å²) in [6, 6.07) is 10.5. The van der Waals surface area contributed by atoms with Gasteiger partial charge < -0.3 is 14.5 Å². The number of benzene rings is 2. The Bertz CT molecular complexity index is 1060. The first-order valence-corrected chi connectivity index (χ1v) is 7.41. The average molecular weight is 323 g/mol. The first-order valence-electron chi connectivity index (χ1n) is 7.41. The summed E-state index contributed by atoms with van der Waals surface area (Å²) in [5.41, 5.74) is 2.27. The maximum Gasteiger partial charge on any atom is 0.175 e. The molecule has 6 heteroatoms. The summed E-state index contributed by atoms with van der Waals surface area (Å²) < 4.78 is 25.7. The minimum atomic E-state index is -0.412. The lowest BCUT2D eigenvalue weighted by Gasteiger charge is -2.10. The van der Waals surface area contributed by atoms with Gasteiger partial charge in [0.15, 0.2) is 17.3 Å². The van der Waals surface area contributed by atoms with Gasteiger partial charge in [0.1, 0.15) is 5.75 Å². The number of nitrogens with one attached hydrogen (secondary N) is 1. The van der Waals surface area contributed by atoms with Gasteiger partial charge in [-0.3, -0.25) is 0 Å². The van der Waals surface area contributed by atoms with Crippen molar-refractivity contribution in [1.82, 2.24) is 15.2 Å². The van der Waals surface area contributed by atoms with Crippen molar-refractivity contribution in [1.29, 1.82) is 0 Å². The molecule has 0 amide bonds. The van der Waals surface area contributed by atoms with Gasteiger partial charge in [0, 0.05) is 16.6 Å². The number of aromatic amines is 1. The molecule has 4 rings (SSSR count). The molecule has 24 heavy (non-hydrogen) atoms. The number of H-pyrrole nitrogens is 1. The fourth-order valence-electron chi connectivity index (χ4n) is 2.71. The summed E-state index contributed by atoms with van der Waals surface area (Å²) in [6.45, 7) is 1.88. The van der Waals surface area contributed by atoms with Gasteiger partial charge in [-0.25, -0.2) is 4.39 Å². The Labute approximate surface area is 137 Å². The lowest BCUT2D eigenvalue weighted by molar-refractivity contribution is 0.414. The zero-order valence-corrected chi connectivity index (χ0v) is 13.1. The van der Waals surface area contributed by atoms with Crippen LogP contribution in [0.5, 0.6) is 17.2 Å². The second-order valence-corrected chi connectivity index (χ2v) is 5.49. The van der Waals surface area contributed by atoms with Crippen molar-refractivity contribution in [3.8, 4) is 17.2 Å². The zero-order chi connectivity index (χ0) is 16.7. The van der Waals surface area contributed by atoms with Crippen molar-refractivity contribution in [2.75, 3.05) is 7.11 Å². The van der Waals surface area contributed by atoms with Crippen LogP contribution in [0.15, 0.2) is 42.6 Å². The van der Waals surface area contributed by atoms with Crippen molar-refractivity contribution in [3.05, 3.63) is 54.1 Å². The molecule has 0 aliphatic carbocycles. The summed E-state index contributed by atoms with van der Waals surface area (Å²) in [6.07, 6.45) is 1.47. The highest BCUT2D eigenvalue weighted by Crippen LogP contribution is 2.34. The van der Waals surface area contributed by atoms with Crippen molar-refractivity contribution in [3.63, 3.8) is 0 Å². The van der Waals surface area contributed by atoms with Gasteiger partial charge in [-0.05, 0) is 43.3 Å². The van der Waals surface area contributed by atoms with Crippen LogP contribution in [0.1, 0.15) is 5.69 Å². The molecule has 0 saturated heterocycles. The van der Waals surface area contributed by atoms with Crippen LogP contribution in [0, 0.1) is 12.7 Å². The highest BCUT2D eigenvalue weighted by Gasteiger charge is 2.13. The van der Waals surface area contributed by atoms with E-state index in [1.165, 1.54) is 6.20 Å². The second-order valence-electron chi connectivity index (χ2n) is 5.49. The van der Waals surface area contributed by atoms with Crippen molar-refractivity contribution in [2.24, 2.45) is 0 Å². The number of halogens is 1. The Morgan fingerprint density at radius 3 is 2.75 bits per heavy atom. The molecular weight excluding hydrogens is 309 g/mol. The summed E-state index contributed by atoms with van der Waals surface area (Å²) in [5.74, 6) is 0.810. The molecule has 1 N–H and O–H groups in total. The van der Waals surface area contributed by atoms with E-state index in [-0.39, 0.29) is 5.75 Å². The SMILES string of the molecule is COc1ccc2nncc(Oc3ccc4[nH]c(C)cc4c3F)c2c1. The molecule has 0 aliphatic rings. The van der Waals surface area contributed by atoms with E-state index in [9.17, 15) is 4.39 Å². The van der Waals surface area contributed by atoms with Gasteiger partial charge in [-0.15, -0.1) is 0 Å². The molecular formula is C18H14FN3O2. The predicted molar refractivity (Wildman–Crippen MR) is 89.2 cm³/mol. The van der Waals surface area contributed by atoms with Crippen LogP contribution >= 0.6 is 0 Å². The number of aromatic nitrogens is 3. The number of nitrogens with zero attached hydrogens (tertiary/aromatic N) is 2. The van der Waals surface area contributed by atoms with Crippen LogP contribution in [-0.4, -0.2) is 22.3 Å². The molecule has 0 fully saturated rings. The van der Waals surface area contributed by atoms with Crippen LogP contribution in [0.3, 0.4) is 0 Å². The molecule has 0 bridgehead atoms. The van der Waals surface area contributed by atoms with Crippen LogP contribution in [0.2, 0.25) is 0 Å². The number of ether oxygens (including phenoxy) is 2. The number of hydrogen-bond acceptors (Lipinski definition) is 4. The van der Waals surface area contributed by atoms with E-state index in [2.05, 4.69) is 15.2 Å². The van der Waals surface area contributed by atoms with Gasteiger partial charge in [0.05, 0.1) is 24.2 Å². The third kappa shape index (κ3) is 2.32. The molecule has 120 valence electrons. The molecule has 0 unspecified atom stereocenters. The van der Waals surface area contributed by atoms with E-state index in [1.807, 2.05) is 6.92 Å². The molecule has 5 nitrogen and oxygen atoms in total. The molecule has 0 spiro atoms. The predicted octanol–water partition coefficient (Wildman–Crippen LogP) is 4.36. The monoisotopic (exact) mass is 323 g/mol. The van der Waals surface area contributed by atoms with Gasteiger partial charge in [-0.2, -0.15) is 10.2 Å². The van der Waals surface area contributed by atoms with E-state index in [0.717, 1.165) is 11.2 Å². The number of aryl methyl sites for hydroxylation is 1. The molecule has 2 aromatic heterocycles. The number of hydrogen-bond donors (Lipinski definition) is 1. The van der Waals surface area contributed by atoms with Gasteiger partial charge in [0.25, 0.3) is 0 Å². The van der Waals surface area contributed by atoms with E-state index in [4.69, 9.17) is 9.47 Å². The third-order valence-electron chi connectivity index (χ3n) is 3.87. The fraction of sp³-hybridized carbons (Fsp3) is 0.111. The molecule has 0 atom stereocenters. The molecule has 0 saturated carbocycles. The lowest BCUT2D eigenvalue weighted by Crippen LogP contribution is -1.93. The van der Waals surface area contributed by atoms with Gasteiger partial charge >= 0.3 is 0 Å². The molecule has 0 aliphatic heterocycles. The average Bonchev–Trinajstić information content (AvgIpc) is 2.98. The summed E-state index contributed by atoms with van der Waals surface area (Å²) in [5, 5.41) is 9.16. The van der Waals surface area contributed by atoms with Gasteiger partial charge in [-0.1, -0.05) is 0 Å². The van der Waals surface area contributed by atoms with Crippen LogP contribution in [0.4, 0.5) is 4.39 Å². The standard InChI is InChI=1S/C18H14FN3O2/c1-10-7-13-14(21-10)5-6-16(18(13)19)24-17-9-20-22-15-4-3-11(23-2)8-12(15)17/h3-9,21H,1-2H3. The molecule has 4 aromatic rings. The number of methoxy groups -OCH3 is 1. The minimum absolute atomic E-state index is 0.138. The topological polar surface area (TPSA) is 60.0 Å². The minimum Gasteiger partial charge on any atom is -0.497 e. The second kappa shape index (κ2) is 5.49. The highest BCUT2D eigenvalue weighted by atomic mass is 19.1. The molecule has 2 aromatic carbocycles. The lowest BCUT2D eigenvalue weighted by atomic mass is 10.2. The largest absolute Gasteiger partial charge is 0.497 e. The summed E-state index contributed by atoms with van der Waals surface area (Å²) >= 11 is 0. The van der Waals surface area contributed by atoms with Crippen molar-refractivity contribution >= 4 is 21.8 Å². The van der Waals surface area contributed by atoms with Crippen LogP contribution < -0.4 is 9.47 Å². The van der Waals surface area contributed by atoms with Crippen molar-refractivity contribution < 1.29 is 13.9 Å². The highest BCUT2D eigenvalue weighted by molar-refractivity contribution is 5.86. The Kier molecular flexibility index (Phi) is 3.30. The first-order chi connectivity index (χ1) is 11.7. The smallest absolute Gasteiger partial charge is 0.175 e. The summed E-state index contributed by atoms with van der Waals surface area (Å²) in [7, 11) is 1.58. The normalized spacial score (nSPS) is 11.1. The molecule has 2 heterocycles. The number of fused-ring (bicyclic) bond motifs is 2. The Morgan fingerprint density at radius 2 is 1.92 bits per heavy atom. The van der Waals surface area contributed by atoms with Crippen LogP contribution in [-0.2, 0) is 0 Å². The Morgan fingerprint density at radius 1 is 1.04 bits per heavy atom. The number of rotatable bonds is 3. The van der Waals surface area contributed by atoms with Crippen molar-refractivity contribution in [2.45, 2.75) is 6.92 Å². The Balaban J connectivity index is 1.83. The van der Waals surface area contributed by atoms with E-state index in [1.54, 1.807) is 43.5 Å². The Hall–Kier alpha value is -3.15. The quantitative estimate of drug-likeness (QED) is 0.608. The first kappa shape index (κ1) is 14.4. The van der Waals surface area contributed by atoms with E-state index < -0.39 is 5.82 Å².